The molecule has 0 saturated carbocycles. The maximum Gasteiger partial charge on any atom is 0.482 e. The average Bonchev–Trinajstić information content (AvgIpc) is 2.49. The molecule has 1 aromatic rings. The second-order valence-corrected chi connectivity index (χ2v) is 7.69. The van der Waals surface area contributed by atoms with Gasteiger partial charge in [-0.05, 0) is 45.4 Å². The summed E-state index contributed by atoms with van der Waals surface area (Å²) in [6, 6.07) is 3.26. The third-order valence-electron chi connectivity index (χ3n) is 4.29. The van der Waals surface area contributed by atoms with Gasteiger partial charge in [0.15, 0.2) is 0 Å². The zero-order valence-electron chi connectivity index (χ0n) is 15.7. The predicted molar refractivity (Wildman–Crippen MR) is 98.4 cm³/mol. The van der Waals surface area contributed by atoms with E-state index in [0.29, 0.717) is 43.1 Å². The predicted octanol–water partition coefficient (Wildman–Crippen LogP) is 3.56. The Bertz CT molecular complexity index is 666. The molecule has 2 rings (SSSR count). The van der Waals surface area contributed by atoms with Crippen molar-refractivity contribution in [3.63, 3.8) is 0 Å². The summed E-state index contributed by atoms with van der Waals surface area (Å²) >= 11 is 0. The van der Waals surface area contributed by atoms with Crippen LogP contribution in [0.1, 0.15) is 31.9 Å². The number of hydrogen-bond donors (Lipinski definition) is 1. The minimum absolute atomic E-state index is 0.210. The van der Waals surface area contributed by atoms with Crippen molar-refractivity contribution in [3.05, 3.63) is 23.3 Å². The molecule has 9 heteroatoms. The molecule has 1 fully saturated rings. The summed E-state index contributed by atoms with van der Waals surface area (Å²) in [4.78, 5) is 15.7. The van der Waals surface area contributed by atoms with Crippen molar-refractivity contribution in [2.75, 3.05) is 36.8 Å². The monoisotopic (exact) mass is 372 g/mol. The standard InChI is InChI=1S/C17H26BF3N3O2/c1-12-13(11-18(19,20)21)9-14(10-15(12)22)23-5-7-24(8-6-23)16(25)26-17(2,3)4/h9-10H,5-8,11,22H2,1-4H3/q-1. The number of rotatable bonds is 3. The lowest BCUT2D eigenvalue weighted by Gasteiger charge is -2.37. The first kappa shape index (κ1) is 20.3. The number of carbonyl (C=O) groups excluding carboxylic acids is 1. The van der Waals surface area contributed by atoms with Crippen molar-refractivity contribution >= 4 is 24.4 Å². The summed E-state index contributed by atoms with van der Waals surface area (Å²) in [5, 5.41) is 0. The van der Waals surface area contributed by atoms with Crippen LogP contribution in [-0.2, 0) is 11.1 Å². The highest BCUT2D eigenvalue weighted by molar-refractivity contribution is 6.57. The van der Waals surface area contributed by atoms with Crippen LogP contribution in [-0.4, -0.2) is 49.8 Å². The van der Waals surface area contributed by atoms with E-state index in [1.165, 1.54) is 0 Å². The van der Waals surface area contributed by atoms with E-state index in [4.69, 9.17) is 10.5 Å². The molecule has 0 spiro atoms. The smallest absolute Gasteiger partial charge is 0.449 e. The molecule has 1 aromatic carbocycles. The van der Waals surface area contributed by atoms with E-state index in [2.05, 4.69) is 0 Å². The molecule has 0 aromatic heterocycles. The summed E-state index contributed by atoms with van der Waals surface area (Å²) in [7, 11) is 0. The molecule has 1 aliphatic heterocycles. The van der Waals surface area contributed by atoms with E-state index < -0.39 is 18.9 Å². The van der Waals surface area contributed by atoms with Gasteiger partial charge < -0.3 is 33.2 Å². The maximum absolute atomic E-state index is 12.9. The van der Waals surface area contributed by atoms with E-state index in [-0.39, 0.29) is 11.7 Å². The van der Waals surface area contributed by atoms with Gasteiger partial charge in [0.2, 0.25) is 0 Å². The van der Waals surface area contributed by atoms with Crippen molar-refractivity contribution in [3.8, 4) is 0 Å². The molecule has 0 bridgehead atoms. The Morgan fingerprint density at radius 2 is 1.77 bits per heavy atom. The van der Waals surface area contributed by atoms with Crippen LogP contribution in [0.15, 0.2) is 12.1 Å². The molecule has 2 N–H and O–H groups in total. The molecular weight excluding hydrogens is 346 g/mol. The Balaban J connectivity index is 2.08. The fourth-order valence-corrected chi connectivity index (χ4v) is 2.90. The quantitative estimate of drug-likeness (QED) is 0.651. The number of anilines is 2. The molecule has 0 atom stereocenters. The number of halogens is 3. The lowest BCUT2D eigenvalue weighted by atomic mass is 9.80. The Kier molecular flexibility index (Phi) is 5.68. The molecule has 0 aliphatic carbocycles. The second-order valence-electron chi connectivity index (χ2n) is 7.69. The number of nitrogens with zero attached hydrogens (tertiary/aromatic N) is 2. The van der Waals surface area contributed by atoms with Crippen molar-refractivity contribution < 1.29 is 22.5 Å². The Labute approximate surface area is 152 Å². The van der Waals surface area contributed by atoms with Crippen LogP contribution in [0.3, 0.4) is 0 Å². The summed E-state index contributed by atoms with van der Waals surface area (Å²) < 4.78 is 43.9. The van der Waals surface area contributed by atoms with Gasteiger partial charge in [0.1, 0.15) is 5.60 Å². The molecule has 1 amide bonds. The minimum atomic E-state index is -4.93. The highest BCUT2D eigenvalue weighted by atomic mass is 19.4. The zero-order valence-corrected chi connectivity index (χ0v) is 15.7. The topological polar surface area (TPSA) is 58.8 Å². The minimum Gasteiger partial charge on any atom is -0.449 e. The van der Waals surface area contributed by atoms with Gasteiger partial charge in [-0.1, -0.05) is 11.9 Å². The SMILES string of the molecule is Cc1c(N)cc(N2CCN(C(=O)OC(C)(C)C)CC2)cc1C[B-](F)(F)F. The lowest BCUT2D eigenvalue weighted by Crippen LogP contribution is -2.50. The van der Waals surface area contributed by atoms with Crippen molar-refractivity contribution in [1.29, 1.82) is 0 Å². The number of hydrogen-bond acceptors (Lipinski definition) is 4. The van der Waals surface area contributed by atoms with E-state index in [1.54, 1.807) is 44.7 Å². The molecular formula is C17H26BF3N3O2-. The van der Waals surface area contributed by atoms with Crippen molar-refractivity contribution in [2.45, 2.75) is 39.6 Å². The summed E-state index contributed by atoms with van der Waals surface area (Å²) in [5.41, 5.74) is 7.05. The highest BCUT2D eigenvalue weighted by Gasteiger charge is 2.28. The number of piperazine rings is 1. The summed E-state index contributed by atoms with van der Waals surface area (Å²) in [6.07, 6.45) is -1.32. The van der Waals surface area contributed by atoms with Gasteiger partial charge in [0.05, 0.1) is 0 Å². The highest BCUT2D eigenvalue weighted by Crippen LogP contribution is 2.29. The Morgan fingerprint density at radius 1 is 1.19 bits per heavy atom. The average molecular weight is 372 g/mol. The van der Waals surface area contributed by atoms with E-state index in [0.717, 1.165) is 0 Å². The third-order valence-corrected chi connectivity index (χ3v) is 4.29. The number of ether oxygens (including phenoxy) is 1. The Hall–Kier alpha value is -2.06. The fourth-order valence-electron chi connectivity index (χ4n) is 2.90. The molecule has 5 nitrogen and oxygen atoms in total. The second kappa shape index (κ2) is 7.29. The number of nitrogen functional groups attached to an aromatic ring is 1. The van der Waals surface area contributed by atoms with Crippen LogP contribution < -0.4 is 10.6 Å². The van der Waals surface area contributed by atoms with Crippen LogP contribution in [0.4, 0.5) is 29.1 Å². The van der Waals surface area contributed by atoms with Crippen LogP contribution >= 0.6 is 0 Å². The molecule has 1 aliphatic rings. The van der Waals surface area contributed by atoms with Gasteiger partial charge in [0.25, 0.3) is 0 Å². The van der Waals surface area contributed by atoms with Gasteiger partial charge in [-0.2, -0.15) is 0 Å². The summed E-state index contributed by atoms with van der Waals surface area (Å²) in [6.45, 7) is 4.01. The normalized spacial score (nSPS) is 16.0. The zero-order chi connectivity index (χ0) is 19.7. The number of benzene rings is 1. The number of nitrogens with two attached hydrogens (primary N) is 1. The lowest BCUT2D eigenvalue weighted by molar-refractivity contribution is 0.0240. The third kappa shape index (κ3) is 5.47. The first-order valence-corrected chi connectivity index (χ1v) is 8.68. The van der Waals surface area contributed by atoms with Crippen molar-refractivity contribution in [1.82, 2.24) is 4.90 Å². The molecule has 146 valence electrons. The molecule has 26 heavy (non-hydrogen) atoms. The Morgan fingerprint density at radius 3 is 2.27 bits per heavy atom. The van der Waals surface area contributed by atoms with Crippen LogP contribution in [0.5, 0.6) is 0 Å². The molecule has 0 radical (unpaired) electrons. The van der Waals surface area contributed by atoms with Crippen LogP contribution in [0.2, 0.25) is 0 Å². The molecule has 0 unspecified atom stereocenters. The maximum atomic E-state index is 12.9. The number of carbonyl (C=O) groups is 1. The first-order valence-electron chi connectivity index (χ1n) is 8.68. The number of amides is 1. The van der Waals surface area contributed by atoms with Gasteiger partial charge in [-0.3, -0.25) is 0 Å². The van der Waals surface area contributed by atoms with E-state index >= 15 is 0 Å². The summed E-state index contributed by atoms with van der Waals surface area (Å²) in [5.74, 6) is 0. The van der Waals surface area contributed by atoms with Gasteiger partial charge in [-0.25, -0.2) is 4.79 Å². The van der Waals surface area contributed by atoms with E-state index in [9.17, 15) is 17.7 Å². The van der Waals surface area contributed by atoms with Gasteiger partial charge >= 0.3 is 13.1 Å². The van der Waals surface area contributed by atoms with Gasteiger partial charge in [0, 0.05) is 37.6 Å². The van der Waals surface area contributed by atoms with Crippen LogP contribution in [0, 0.1) is 6.92 Å². The van der Waals surface area contributed by atoms with Crippen LogP contribution in [0.25, 0.3) is 0 Å². The molecule has 1 saturated heterocycles. The van der Waals surface area contributed by atoms with Gasteiger partial charge in [-0.15, -0.1) is 0 Å². The van der Waals surface area contributed by atoms with Crippen molar-refractivity contribution in [2.24, 2.45) is 0 Å². The first-order chi connectivity index (χ1) is 11.9. The largest absolute Gasteiger partial charge is 0.482 e. The fraction of sp³-hybridized carbons (Fsp3) is 0.588. The molecule has 1 heterocycles. The van der Waals surface area contributed by atoms with E-state index in [1.807, 2.05) is 4.90 Å².